The van der Waals surface area contributed by atoms with Crippen LogP contribution in [0.2, 0.25) is 0 Å². The van der Waals surface area contributed by atoms with E-state index in [1.165, 1.54) is 18.4 Å². The average Bonchev–Trinajstić information content (AvgIpc) is 2.61. The van der Waals surface area contributed by atoms with Crippen molar-refractivity contribution in [2.45, 2.75) is 51.5 Å². The molecular formula is C13H19NO3. The Bertz CT molecular complexity index is 423. The number of aryl methyl sites for hydroxylation is 2. The zero-order valence-electron chi connectivity index (χ0n) is 10.2. The summed E-state index contributed by atoms with van der Waals surface area (Å²) in [6, 6.07) is -0.211. The quantitative estimate of drug-likeness (QED) is 0.842. The van der Waals surface area contributed by atoms with Gasteiger partial charge in [0.05, 0.1) is 0 Å². The van der Waals surface area contributed by atoms with Crippen molar-refractivity contribution in [1.29, 1.82) is 0 Å². The summed E-state index contributed by atoms with van der Waals surface area (Å²) in [5.74, 6) is 1.14. The highest BCUT2D eigenvalue weighted by molar-refractivity contribution is 5.66. The largest absolute Gasteiger partial charge is 0.481 e. The second kappa shape index (κ2) is 4.92. The van der Waals surface area contributed by atoms with E-state index < -0.39 is 5.97 Å². The molecule has 1 aliphatic carbocycles. The van der Waals surface area contributed by atoms with Gasteiger partial charge in [0.1, 0.15) is 11.5 Å². The van der Waals surface area contributed by atoms with E-state index in [1.54, 1.807) is 0 Å². The lowest BCUT2D eigenvalue weighted by Gasteiger charge is -2.15. The number of hydrogen-bond donors (Lipinski definition) is 2. The molecule has 1 atom stereocenters. The number of carbonyl (C=O) groups is 1. The minimum atomic E-state index is -0.796. The van der Waals surface area contributed by atoms with Crippen molar-refractivity contribution in [2.24, 2.45) is 5.73 Å². The van der Waals surface area contributed by atoms with Crippen molar-refractivity contribution in [3.63, 3.8) is 0 Å². The molecule has 17 heavy (non-hydrogen) atoms. The molecule has 3 N–H and O–H groups in total. The van der Waals surface area contributed by atoms with Gasteiger partial charge in [0, 0.05) is 24.4 Å². The molecule has 1 aromatic rings. The average molecular weight is 237 g/mol. The maximum absolute atomic E-state index is 10.6. The Morgan fingerprint density at radius 2 is 2.18 bits per heavy atom. The fraction of sp³-hybridized carbons (Fsp3) is 0.615. The first-order valence-corrected chi connectivity index (χ1v) is 6.18. The fourth-order valence-electron chi connectivity index (χ4n) is 2.64. The topological polar surface area (TPSA) is 76.5 Å². The molecule has 0 radical (unpaired) electrons. The Balaban J connectivity index is 2.19. The van der Waals surface area contributed by atoms with Crippen molar-refractivity contribution in [1.82, 2.24) is 0 Å². The number of hydrogen-bond acceptors (Lipinski definition) is 3. The molecule has 1 heterocycles. The lowest BCUT2D eigenvalue weighted by Crippen LogP contribution is -2.15. The molecule has 0 bridgehead atoms. The fourth-order valence-corrected chi connectivity index (χ4v) is 2.64. The van der Waals surface area contributed by atoms with Crippen molar-refractivity contribution in [3.8, 4) is 0 Å². The van der Waals surface area contributed by atoms with E-state index in [1.807, 2.05) is 6.92 Å². The van der Waals surface area contributed by atoms with Gasteiger partial charge in [-0.3, -0.25) is 4.79 Å². The van der Waals surface area contributed by atoms with Crippen LogP contribution >= 0.6 is 0 Å². The van der Waals surface area contributed by atoms with Crippen molar-refractivity contribution in [2.75, 3.05) is 0 Å². The maximum Gasteiger partial charge on any atom is 0.303 e. The van der Waals surface area contributed by atoms with E-state index in [4.69, 9.17) is 15.3 Å². The standard InChI is InChI=1S/C13H19NO3/c1-8-13(10(14)6-7-12(15)16)9-4-2-3-5-11(9)17-8/h10H,2-7,14H2,1H3,(H,15,16). The third kappa shape index (κ3) is 2.52. The molecule has 1 aromatic heterocycles. The first-order valence-electron chi connectivity index (χ1n) is 6.18. The summed E-state index contributed by atoms with van der Waals surface area (Å²) in [6.45, 7) is 1.92. The van der Waals surface area contributed by atoms with Gasteiger partial charge < -0.3 is 15.3 Å². The van der Waals surface area contributed by atoms with Gasteiger partial charge in [-0.2, -0.15) is 0 Å². The molecule has 1 aliphatic rings. The van der Waals surface area contributed by atoms with Gasteiger partial charge in [0.15, 0.2) is 0 Å². The van der Waals surface area contributed by atoms with Gasteiger partial charge in [0.2, 0.25) is 0 Å². The van der Waals surface area contributed by atoms with E-state index in [2.05, 4.69) is 0 Å². The predicted octanol–water partition coefficient (Wildman–Crippen LogP) is 2.33. The van der Waals surface area contributed by atoms with Gasteiger partial charge in [-0.15, -0.1) is 0 Å². The zero-order valence-corrected chi connectivity index (χ0v) is 10.2. The number of rotatable bonds is 4. The van der Waals surface area contributed by atoms with E-state index >= 15 is 0 Å². The molecule has 4 nitrogen and oxygen atoms in total. The molecule has 0 aliphatic heterocycles. The van der Waals surface area contributed by atoms with Crippen LogP contribution in [0.4, 0.5) is 0 Å². The third-order valence-corrected chi connectivity index (χ3v) is 3.44. The second-order valence-electron chi connectivity index (χ2n) is 4.72. The smallest absolute Gasteiger partial charge is 0.303 e. The van der Waals surface area contributed by atoms with E-state index in [-0.39, 0.29) is 12.5 Å². The first kappa shape index (κ1) is 12.2. The Labute approximate surface area is 101 Å². The molecule has 0 spiro atoms. The van der Waals surface area contributed by atoms with Crippen LogP contribution in [0.25, 0.3) is 0 Å². The lowest BCUT2D eigenvalue weighted by atomic mass is 9.90. The molecule has 0 fully saturated rings. The highest BCUT2D eigenvalue weighted by atomic mass is 16.4. The van der Waals surface area contributed by atoms with Crippen LogP contribution in [0, 0.1) is 6.92 Å². The number of aliphatic carboxylic acids is 1. The summed E-state index contributed by atoms with van der Waals surface area (Å²) in [5.41, 5.74) is 8.39. The van der Waals surface area contributed by atoms with E-state index in [9.17, 15) is 4.79 Å². The monoisotopic (exact) mass is 237 g/mol. The second-order valence-corrected chi connectivity index (χ2v) is 4.72. The lowest BCUT2D eigenvalue weighted by molar-refractivity contribution is -0.137. The number of fused-ring (bicyclic) bond motifs is 1. The SMILES string of the molecule is Cc1oc2c(c1C(N)CCC(=O)O)CCCC2. The van der Waals surface area contributed by atoms with Crippen LogP contribution < -0.4 is 5.73 Å². The Hall–Kier alpha value is -1.29. The summed E-state index contributed by atoms with van der Waals surface area (Å²) in [6.07, 6.45) is 4.93. The maximum atomic E-state index is 10.6. The molecule has 0 aromatic carbocycles. The van der Waals surface area contributed by atoms with E-state index in [0.717, 1.165) is 29.9 Å². The minimum absolute atomic E-state index is 0.112. The van der Waals surface area contributed by atoms with Crippen molar-refractivity contribution < 1.29 is 14.3 Å². The molecule has 0 saturated heterocycles. The number of carboxylic acid groups (broad SMARTS) is 1. The number of carboxylic acids is 1. The molecule has 4 heteroatoms. The van der Waals surface area contributed by atoms with Crippen LogP contribution in [0.1, 0.15) is 54.4 Å². The molecule has 0 saturated carbocycles. The Morgan fingerprint density at radius 3 is 2.88 bits per heavy atom. The summed E-state index contributed by atoms with van der Waals surface area (Å²) in [4.78, 5) is 10.6. The Morgan fingerprint density at radius 1 is 1.47 bits per heavy atom. The van der Waals surface area contributed by atoms with E-state index in [0.29, 0.717) is 6.42 Å². The molecule has 0 amide bonds. The first-order chi connectivity index (χ1) is 8.09. The molecule has 1 unspecified atom stereocenters. The van der Waals surface area contributed by atoms with Crippen LogP contribution in [0.3, 0.4) is 0 Å². The van der Waals surface area contributed by atoms with Gasteiger partial charge in [-0.25, -0.2) is 0 Å². The minimum Gasteiger partial charge on any atom is -0.481 e. The van der Waals surface area contributed by atoms with Gasteiger partial charge in [-0.1, -0.05) is 0 Å². The summed E-state index contributed by atoms with van der Waals surface area (Å²) >= 11 is 0. The number of furan rings is 1. The predicted molar refractivity (Wildman–Crippen MR) is 63.9 cm³/mol. The summed E-state index contributed by atoms with van der Waals surface area (Å²) in [7, 11) is 0. The van der Waals surface area contributed by atoms with Gasteiger partial charge >= 0.3 is 5.97 Å². The summed E-state index contributed by atoms with van der Waals surface area (Å²) < 4.78 is 5.74. The highest BCUT2D eigenvalue weighted by Crippen LogP contribution is 2.33. The van der Waals surface area contributed by atoms with Crippen molar-refractivity contribution >= 4 is 5.97 Å². The van der Waals surface area contributed by atoms with Crippen LogP contribution in [-0.2, 0) is 17.6 Å². The van der Waals surface area contributed by atoms with Crippen molar-refractivity contribution in [3.05, 3.63) is 22.6 Å². The summed E-state index contributed by atoms with van der Waals surface area (Å²) in [5, 5.41) is 8.69. The highest BCUT2D eigenvalue weighted by Gasteiger charge is 2.24. The van der Waals surface area contributed by atoms with Crippen LogP contribution in [-0.4, -0.2) is 11.1 Å². The normalized spacial score (nSPS) is 16.6. The van der Waals surface area contributed by atoms with Crippen LogP contribution in [0.15, 0.2) is 4.42 Å². The van der Waals surface area contributed by atoms with Gasteiger partial charge in [0.25, 0.3) is 0 Å². The molecule has 94 valence electrons. The van der Waals surface area contributed by atoms with Gasteiger partial charge in [-0.05, 0) is 38.2 Å². The third-order valence-electron chi connectivity index (χ3n) is 3.44. The van der Waals surface area contributed by atoms with Crippen LogP contribution in [0.5, 0.6) is 0 Å². The zero-order chi connectivity index (χ0) is 12.4. The Kier molecular flexibility index (Phi) is 3.52. The number of nitrogens with two attached hydrogens (primary N) is 1. The molecular weight excluding hydrogens is 218 g/mol. The molecule has 2 rings (SSSR count).